The summed E-state index contributed by atoms with van der Waals surface area (Å²) < 4.78 is 5.21. The van der Waals surface area contributed by atoms with Crippen LogP contribution in [0.5, 0.6) is 0 Å². The van der Waals surface area contributed by atoms with Gasteiger partial charge in [-0.2, -0.15) is 0 Å². The summed E-state index contributed by atoms with van der Waals surface area (Å²) in [7, 11) is 0. The van der Waals surface area contributed by atoms with Gasteiger partial charge in [0.15, 0.2) is 0 Å². The van der Waals surface area contributed by atoms with Gasteiger partial charge in [0.05, 0.1) is 12.0 Å². The minimum Gasteiger partial charge on any atom is -0.460 e. The molecule has 1 saturated carbocycles. The van der Waals surface area contributed by atoms with Gasteiger partial charge in [0.1, 0.15) is 5.60 Å². The van der Waals surface area contributed by atoms with Crippen LogP contribution < -0.4 is 5.73 Å². The third-order valence-electron chi connectivity index (χ3n) is 2.32. The van der Waals surface area contributed by atoms with E-state index in [1.165, 1.54) is 0 Å². The zero-order chi connectivity index (χ0) is 10.9. The van der Waals surface area contributed by atoms with Gasteiger partial charge in [-0.25, -0.2) is 0 Å². The topological polar surface area (TPSA) is 72.5 Å². The van der Waals surface area contributed by atoms with Crippen LogP contribution in [0.1, 0.15) is 33.6 Å². The highest BCUT2D eigenvalue weighted by Crippen LogP contribution is 2.27. The maximum atomic E-state index is 11.6. The number of carbonyl (C=O) groups is 1. The second-order valence-corrected chi connectivity index (χ2v) is 4.93. The lowest BCUT2D eigenvalue weighted by molar-refractivity contribution is -0.160. The molecule has 0 amide bonds. The van der Waals surface area contributed by atoms with Crippen LogP contribution >= 0.6 is 0 Å². The van der Waals surface area contributed by atoms with Crippen LogP contribution in [0, 0.1) is 5.92 Å². The Kier molecular flexibility index (Phi) is 3.17. The fourth-order valence-electron chi connectivity index (χ4n) is 1.63. The van der Waals surface area contributed by atoms with Crippen molar-refractivity contribution < 1.29 is 14.6 Å². The Bertz CT molecular complexity index is 212. The summed E-state index contributed by atoms with van der Waals surface area (Å²) in [5.74, 6) is -0.483. The number of ether oxygens (including phenoxy) is 1. The van der Waals surface area contributed by atoms with Gasteiger partial charge in [0, 0.05) is 6.04 Å². The highest BCUT2D eigenvalue weighted by molar-refractivity contribution is 5.73. The fraction of sp³-hybridized carbons (Fsp3) is 0.900. The van der Waals surface area contributed by atoms with E-state index in [0.29, 0.717) is 12.8 Å². The van der Waals surface area contributed by atoms with E-state index in [1.807, 2.05) is 20.8 Å². The lowest BCUT2D eigenvalue weighted by Gasteiger charge is -2.21. The van der Waals surface area contributed by atoms with Crippen molar-refractivity contribution in [2.45, 2.75) is 51.4 Å². The Morgan fingerprint density at radius 2 is 2.00 bits per heavy atom. The molecule has 0 aromatic rings. The summed E-state index contributed by atoms with van der Waals surface area (Å²) in [6.07, 6.45) is 0.388. The zero-order valence-electron chi connectivity index (χ0n) is 8.99. The third kappa shape index (κ3) is 2.96. The first kappa shape index (κ1) is 11.5. The Labute approximate surface area is 84.4 Å². The third-order valence-corrected chi connectivity index (χ3v) is 2.32. The molecule has 14 heavy (non-hydrogen) atoms. The molecule has 0 aliphatic heterocycles. The second-order valence-electron chi connectivity index (χ2n) is 4.93. The number of aliphatic hydroxyl groups is 1. The minimum absolute atomic E-state index is 0.237. The van der Waals surface area contributed by atoms with Crippen molar-refractivity contribution >= 4 is 5.97 Å². The summed E-state index contributed by atoms with van der Waals surface area (Å²) in [5, 5.41) is 9.38. The van der Waals surface area contributed by atoms with Gasteiger partial charge in [-0.3, -0.25) is 4.79 Å². The van der Waals surface area contributed by atoms with Gasteiger partial charge in [-0.1, -0.05) is 0 Å². The molecule has 0 unspecified atom stereocenters. The molecule has 0 spiro atoms. The average Bonchev–Trinajstić information content (AvgIpc) is 2.28. The molecule has 0 radical (unpaired) electrons. The molecule has 3 N–H and O–H groups in total. The van der Waals surface area contributed by atoms with Crippen molar-refractivity contribution in [2.75, 3.05) is 0 Å². The van der Waals surface area contributed by atoms with Crippen molar-refractivity contribution in [3.05, 3.63) is 0 Å². The smallest absolute Gasteiger partial charge is 0.309 e. The molecule has 0 saturated heterocycles. The van der Waals surface area contributed by atoms with Crippen molar-refractivity contribution in [3.63, 3.8) is 0 Å². The van der Waals surface area contributed by atoms with Crippen LogP contribution in [0.4, 0.5) is 0 Å². The van der Waals surface area contributed by atoms with E-state index < -0.39 is 11.7 Å². The van der Waals surface area contributed by atoms with E-state index in [0.717, 1.165) is 0 Å². The molecule has 0 heterocycles. The predicted molar refractivity (Wildman–Crippen MR) is 52.6 cm³/mol. The summed E-state index contributed by atoms with van der Waals surface area (Å²) >= 11 is 0. The molecule has 1 aliphatic rings. The molecule has 3 atom stereocenters. The number of esters is 1. The molecule has 0 aromatic heterocycles. The predicted octanol–water partition coefficient (Wildman–Crippen LogP) is 0.426. The molecule has 4 heteroatoms. The van der Waals surface area contributed by atoms with Crippen LogP contribution in [0.15, 0.2) is 0 Å². The zero-order valence-corrected chi connectivity index (χ0v) is 8.99. The van der Waals surface area contributed by atoms with E-state index in [9.17, 15) is 9.90 Å². The van der Waals surface area contributed by atoms with Crippen molar-refractivity contribution in [3.8, 4) is 0 Å². The van der Waals surface area contributed by atoms with Crippen LogP contribution in [0.3, 0.4) is 0 Å². The van der Waals surface area contributed by atoms with Crippen LogP contribution in [-0.2, 0) is 9.53 Å². The maximum Gasteiger partial charge on any atom is 0.309 e. The Hall–Kier alpha value is -0.610. The molecule has 0 aromatic carbocycles. The molecule has 0 bridgehead atoms. The summed E-state index contributed by atoms with van der Waals surface area (Å²) in [6.45, 7) is 5.49. The molecular weight excluding hydrogens is 182 g/mol. The Morgan fingerprint density at radius 1 is 1.43 bits per heavy atom. The number of aliphatic hydroxyl groups excluding tert-OH is 1. The van der Waals surface area contributed by atoms with Crippen LogP contribution in [0.25, 0.3) is 0 Å². The van der Waals surface area contributed by atoms with Gasteiger partial charge < -0.3 is 15.6 Å². The molecular formula is C10H19NO3. The minimum atomic E-state index is -0.562. The Morgan fingerprint density at radius 3 is 2.36 bits per heavy atom. The Balaban J connectivity index is 2.48. The number of carbonyl (C=O) groups excluding carboxylic acids is 1. The van der Waals surface area contributed by atoms with Crippen molar-refractivity contribution in [2.24, 2.45) is 11.7 Å². The SMILES string of the molecule is CC(C)(C)OC(=O)[C@H]1C[C@@H](N)[C@H](O)C1. The normalized spacial score (nSPS) is 33.1. The molecule has 1 fully saturated rings. The molecule has 4 nitrogen and oxygen atoms in total. The van der Waals surface area contributed by atoms with E-state index in [2.05, 4.69) is 0 Å². The standard InChI is InChI=1S/C10H19NO3/c1-10(2,3)14-9(13)6-4-7(11)8(12)5-6/h6-8,12H,4-5,11H2,1-3H3/t6-,7+,8+/m0/s1. The largest absolute Gasteiger partial charge is 0.460 e. The summed E-state index contributed by atoms with van der Waals surface area (Å²) in [6, 6.07) is -0.285. The van der Waals surface area contributed by atoms with Gasteiger partial charge in [0.25, 0.3) is 0 Å². The number of hydrogen-bond donors (Lipinski definition) is 2. The van der Waals surface area contributed by atoms with Gasteiger partial charge in [-0.05, 0) is 33.6 Å². The van der Waals surface area contributed by atoms with E-state index in [-0.39, 0.29) is 17.9 Å². The molecule has 82 valence electrons. The van der Waals surface area contributed by atoms with E-state index in [4.69, 9.17) is 10.5 Å². The first-order valence-corrected chi connectivity index (χ1v) is 4.96. The van der Waals surface area contributed by atoms with Crippen LogP contribution in [0.2, 0.25) is 0 Å². The number of hydrogen-bond acceptors (Lipinski definition) is 4. The van der Waals surface area contributed by atoms with Crippen LogP contribution in [-0.4, -0.2) is 28.8 Å². The fourth-order valence-corrected chi connectivity index (χ4v) is 1.63. The highest BCUT2D eigenvalue weighted by atomic mass is 16.6. The first-order valence-electron chi connectivity index (χ1n) is 4.96. The van der Waals surface area contributed by atoms with E-state index >= 15 is 0 Å². The lowest BCUT2D eigenvalue weighted by atomic mass is 10.1. The number of nitrogens with two attached hydrogens (primary N) is 1. The average molecular weight is 201 g/mol. The van der Waals surface area contributed by atoms with Crippen molar-refractivity contribution in [1.82, 2.24) is 0 Å². The number of rotatable bonds is 1. The second kappa shape index (κ2) is 3.87. The first-order chi connectivity index (χ1) is 6.29. The summed E-state index contributed by atoms with van der Waals surface area (Å²) in [4.78, 5) is 11.6. The van der Waals surface area contributed by atoms with Gasteiger partial charge >= 0.3 is 5.97 Å². The van der Waals surface area contributed by atoms with Gasteiger partial charge in [0.2, 0.25) is 0 Å². The molecule has 1 rings (SSSR count). The lowest BCUT2D eigenvalue weighted by Crippen LogP contribution is -2.29. The maximum absolute atomic E-state index is 11.6. The van der Waals surface area contributed by atoms with Crippen molar-refractivity contribution in [1.29, 1.82) is 0 Å². The molecule has 1 aliphatic carbocycles. The quantitative estimate of drug-likeness (QED) is 0.603. The van der Waals surface area contributed by atoms with Gasteiger partial charge in [-0.15, -0.1) is 0 Å². The monoisotopic (exact) mass is 201 g/mol. The highest BCUT2D eigenvalue weighted by Gasteiger charge is 2.36. The van der Waals surface area contributed by atoms with E-state index in [1.54, 1.807) is 0 Å². The summed E-state index contributed by atoms with van der Waals surface area (Å²) in [5.41, 5.74) is 5.15.